The Morgan fingerprint density at radius 1 is 1.26 bits per heavy atom. The van der Waals surface area contributed by atoms with Crippen molar-refractivity contribution in [1.29, 1.82) is 0 Å². The molecule has 1 aromatic rings. The minimum absolute atomic E-state index is 0.0176. The van der Waals surface area contributed by atoms with Gasteiger partial charge in [0.05, 0.1) is 11.6 Å². The minimum Gasteiger partial charge on any atom is -0.510 e. The number of terminal acetylenes is 1. The van der Waals surface area contributed by atoms with Gasteiger partial charge < -0.3 is 26.2 Å². The van der Waals surface area contributed by atoms with E-state index in [1.807, 2.05) is 0 Å². The highest BCUT2D eigenvalue weighted by Gasteiger charge is 2.63. The predicted molar refractivity (Wildman–Crippen MR) is 125 cm³/mol. The maximum Gasteiger partial charge on any atom is 0.255 e. The summed E-state index contributed by atoms with van der Waals surface area (Å²) in [5, 5.41) is 44.1. The molecule has 1 amide bonds. The number of carbonyl (C=O) groups excluding carboxylic acids is 3. The number of nitrogens with zero attached hydrogens (tertiary/aromatic N) is 1. The predicted octanol–water partition coefficient (Wildman–Crippen LogP) is 1.08. The fourth-order valence-electron chi connectivity index (χ4n) is 5.93. The van der Waals surface area contributed by atoms with Crippen LogP contribution in [0.15, 0.2) is 34.8 Å². The normalized spacial score (nSPS) is 27.9. The Bertz CT molecular complexity index is 1250. The van der Waals surface area contributed by atoms with Gasteiger partial charge in [0, 0.05) is 17.9 Å². The molecule has 0 saturated carbocycles. The van der Waals surface area contributed by atoms with E-state index in [0.29, 0.717) is 24.8 Å². The summed E-state index contributed by atoms with van der Waals surface area (Å²) < 4.78 is 0. The molecule has 3 aliphatic rings. The topological polar surface area (TPSA) is 161 Å². The van der Waals surface area contributed by atoms with Gasteiger partial charge in [-0.15, -0.1) is 12.3 Å². The molecule has 0 bridgehead atoms. The number of allylic oxidation sites excluding steroid dienone is 1. The van der Waals surface area contributed by atoms with Gasteiger partial charge in [0.25, 0.3) is 5.91 Å². The Balaban J connectivity index is 1.90. The number of rotatable bonds is 5. The summed E-state index contributed by atoms with van der Waals surface area (Å²) in [6.45, 7) is 0. The van der Waals surface area contributed by atoms with Crippen molar-refractivity contribution < 1.29 is 34.8 Å². The van der Waals surface area contributed by atoms with Gasteiger partial charge in [-0.05, 0) is 62.9 Å². The van der Waals surface area contributed by atoms with Crippen molar-refractivity contribution in [2.45, 2.75) is 43.7 Å². The van der Waals surface area contributed by atoms with Gasteiger partial charge in [0.15, 0.2) is 11.4 Å². The summed E-state index contributed by atoms with van der Waals surface area (Å²) in [6.07, 6.45) is 7.52. The maximum atomic E-state index is 13.6. The number of hydrogen-bond acceptors (Lipinski definition) is 8. The lowest BCUT2D eigenvalue weighted by Gasteiger charge is -2.50. The second-order valence-corrected chi connectivity index (χ2v) is 9.62. The van der Waals surface area contributed by atoms with Crippen LogP contribution >= 0.6 is 0 Å². The summed E-state index contributed by atoms with van der Waals surface area (Å²) in [5.74, 6) is -3.97. The number of aromatic hydroxyl groups is 1. The Kier molecular flexibility index (Phi) is 5.99. The molecular formula is C26H28N2O7. The number of nitrogens with two attached hydrogens (primary N) is 1. The second kappa shape index (κ2) is 8.56. The molecule has 4 atom stereocenters. The zero-order valence-electron chi connectivity index (χ0n) is 19.5. The largest absolute Gasteiger partial charge is 0.510 e. The molecule has 3 aliphatic carbocycles. The van der Waals surface area contributed by atoms with Crippen LogP contribution in [0.4, 0.5) is 0 Å². The van der Waals surface area contributed by atoms with E-state index in [0.717, 1.165) is 5.56 Å². The molecule has 0 aliphatic heterocycles. The number of Topliss-reactive ketones (excluding diaryl/α,β-unsaturated/α-hetero) is 2. The number of aliphatic hydroxyl groups is 3. The second-order valence-electron chi connectivity index (χ2n) is 9.62. The quantitative estimate of drug-likeness (QED) is 0.238. The summed E-state index contributed by atoms with van der Waals surface area (Å²) in [4.78, 5) is 40.4. The van der Waals surface area contributed by atoms with Gasteiger partial charge in [-0.2, -0.15) is 0 Å². The average molecular weight is 481 g/mol. The molecule has 6 N–H and O–H groups in total. The van der Waals surface area contributed by atoms with Crippen LogP contribution in [0.5, 0.6) is 5.75 Å². The molecule has 0 radical (unpaired) electrons. The Hall–Kier alpha value is -3.61. The number of amides is 1. The first-order chi connectivity index (χ1) is 16.5. The number of phenols is 1. The molecule has 0 heterocycles. The molecule has 1 unspecified atom stereocenters. The van der Waals surface area contributed by atoms with Gasteiger partial charge in [-0.3, -0.25) is 19.3 Å². The number of aliphatic hydroxyl groups excluding tert-OH is 2. The number of benzene rings is 1. The number of hydrogen-bond donors (Lipinski definition) is 5. The third kappa shape index (κ3) is 3.44. The van der Waals surface area contributed by atoms with Crippen molar-refractivity contribution in [2.24, 2.45) is 17.6 Å². The molecule has 184 valence electrons. The summed E-state index contributed by atoms with van der Waals surface area (Å²) in [5.41, 5.74) is 3.21. The van der Waals surface area contributed by atoms with E-state index in [-0.39, 0.29) is 29.7 Å². The maximum absolute atomic E-state index is 13.6. The number of likely N-dealkylation sites (N-methyl/N-ethyl adjacent to an activating group) is 1. The van der Waals surface area contributed by atoms with Crippen LogP contribution < -0.4 is 5.73 Å². The summed E-state index contributed by atoms with van der Waals surface area (Å²) in [7, 11) is 3.18. The first kappa shape index (κ1) is 24.5. The zero-order chi connectivity index (χ0) is 25.8. The van der Waals surface area contributed by atoms with E-state index in [1.165, 1.54) is 11.0 Å². The molecule has 0 fully saturated rings. The van der Waals surface area contributed by atoms with E-state index < -0.39 is 58.0 Å². The number of unbranched alkanes of at least 4 members (excludes halogenated alkanes) is 1. The van der Waals surface area contributed by atoms with Crippen LogP contribution in [-0.4, -0.2) is 68.5 Å². The zero-order valence-corrected chi connectivity index (χ0v) is 19.5. The Morgan fingerprint density at radius 2 is 1.94 bits per heavy atom. The van der Waals surface area contributed by atoms with Crippen LogP contribution in [0.25, 0.3) is 0 Å². The van der Waals surface area contributed by atoms with Gasteiger partial charge in [0.2, 0.25) is 5.78 Å². The van der Waals surface area contributed by atoms with Crippen LogP contribution in [-0.2, 0) is 22.4 Å². The van der Waals surface area contributed by atoms with Gasteiger partial charge >= 0.3 is 0 Å². The highest BCUT2D eigenvalue weighted by Crippen LogP contribution is 2.52. The first-order valence-electron chi connectivity index (χ1n) is 11.4. The molecule has 9 nitrogen and oxygen atoms in total. The van der Waals surface area contributed by atoms with Crippen LogP contribution in [0.3, 0.4) is 0 Å². The molecule has 1 aromatic carbocycles. The third-order valence-electron chi connectivity index (χ3n) is 7.47. The Labute approximate surface area is 202 Å². The fraction of sp³-hybridized carbons (Fsp3) is 0.423. The van der Waals surface area contributed by atoms with Gasteiger partial charge in [-0.25, -0.2) is 0 Å². The first-order valence-corrected chi connectivity index (χ1v) is 11.4. The van der Waals surface area contributed by atoms with E-state index in [9.17, 15) is 34.8 Å². The molecular weight excluding hydrogens is 452 g/mol. The molecule has 0 saturated heterocycles. The monoisotopic (exact) mass is 480 g/mol. The highest BCUT2D eigenvalue weighted by atomic mass is 16.3. The van der Waals surface area contributed by atoms with E-state index in [2.05, 4.69) is 5.92 Å². The lowest BCUT2D eigenvalue weighted by atomic mass is 9.58. The van der Waals surface area contributed by atoms with E-state index >= 15 is 0 Å². The van der Waals surface area contributed by atoms with Crippen molar-refractivity contribution in [3.05, 3.63) is 51.5 Å². The molecule has 0 aromatic heterocycles. The number of primary amides is 1. The number of fused-ring (bicyclic) bond motifs is 3. The molecule has 4 rings (SSSR count). The standard InChI is InChI=1S/C26H28N2O7/c1-4-5-6-7-12-8-9-16(29)18-14(12)10-13-11-15-20(28(2)3)22(31)19(25(27)34)24(33)26(15,35)23(32)17(13)21(18)30/h1,8-9,13,15,20,29,31-32,35H,5-7,10-11H2,2-3H3,(H2,27,34)/t13-,15?,20-,26-/m0/s1. The minimum atomic E-state index is -2.63. The van der Waals surface area contributed by atoms with Crippen LogP contribution in [0.2, 0.25) is 0 Å². The third-order valence-corrected chi connectivity index (χ3v) is 7.47. The highest BCUT2D eigenvalue weighted by molar-refractivity contribution is 6.24. The number of carbonyl (C=O) groups is 3. The van der Waals surface area contributed by atoms with Crippen LogP contribution in [0, 0.1) is 24.2 Å². The van der Waals surface area contributed by atoms with Gasteiger partial charge in [0.1, 0.15) is 22.8 Å². The molecule has 9 heteroatoms. The van der Waals surface area contributed by atoms with Crippen molar-refractivity contribution >= 4 is 17.5 Å². The van der Waals surface area contributed by atoms with E-state index in [1.54, 1.807) is 20.2 Å². The fourth-order valence-corrected chi connectivity index (χ4v) is 5.93. The van der Waals surface area contributed by atoms with E-state index in [4.69, 9.17) is 12.2 Å². The molecule has 0 spiro atoms. The summed E-state index contributed by atoms with van der Waals surface area (Å²) >= 11 is 0. The van der Waals surface area contributed by atoms with Crippen molar-refractivity contribution in [3.8, 4) is 18.1 Å². The smallest absolute Gasteiger partial charge is 0.255 e. The Morgan fingerprint density at radius 3 is 2.54 bits per heavy atom. The number of aryl methyl sites for hydroxylation is 1. The van der Waals surface area contributed by atoms with Crippen molar-refractivity contribution in [1.82, 2.24) is 4.90 Å². The number of phenolic OH excluding ortho intramolecular Hbond substituents is 1. The summed E-state index contributed by atoms with van der Waals surface area (Å²) in [6, 6.07) is 2.13. The number of ketones is 2. The van der Waals surface area contributed by atoms with Crippen molar-refractivity contribution in [2.75, 3.05) is 14.1 Å². The van der Waals surface area contributed by atoms with Gasteiger partial charge in [-0.1, -0.05) is 6.07 Å². The lowest BCUT2D eigenvalue weighted by Crippen LogP contribution is -2.63. The molecule has 35 heavy (non-hydrogen) atoms. The average Bonchev–Trinajstić information content (AvgIpc) is 2.77. The van der Waals surface area contributed by atoms with Crippen LogP contribution in [0.1, 0.15) is 40.7 Å². The van der Waals surface area contributed by atoms with Crippen molar-refractivity contribution in [3.63, 3.8) is 0 Å². The SMILES string of the molecule is C#CCCCc1ccc(O)c2c1C[C@H]1CC3[C@H](N(C)C)C(O)=C(C(N)=O)C(=O)[C@@]3(O)C(O)=C1C2=O. The lowest BCUT2D eigenvalue weighted by molar-refractivity contribution is -0.148.